The Morgan fingerprint density at radius 1 is 0.283 bits per heavy atom. The van der Waals surface area contributed by atoms with Gasteiger partial charge in [0, 0.05) is 11.4 Å². The molecule has 0 bridgehead atoms. The minimum Gasteiger partial charge on any atom is -0.309 e. The topological polar surface area (TPSA) is 9.86 Å². The molecular weight excluding hydrogens is 725 g/mol. The zero-order valence-electron chi connectivity index (χ0n) is 34.4. The summed E-state index contributed by atoms with van der Waals surface area (Å²) in [6.45, 7) is 0. The van der Waals surface area contributed by atoms with Crippen molar-refractivity contribution in [2.24, 2.45) is 0 Å². The van der Waals surface area contributed by atoms with Crippen molar-refractivity contribution in [1.82, 2.24) is 9.13 Å². The Bertz CT molecular complexity index is 2590. The third-order valence-electron chi connectivity index (χ3n) is 13.8. The predicted octanol–water partition coefficient (Wildman–Crippen LogP) is 16.3. The van der Waals surface area contributed by atoms with Crippen LogP contribution >= 0.6 is 0 Å². The van der Waals surface area contributed by atoms with Crippen LogP contribution in [0.5, 0.6) is 0 Å². The minimum absolute atomic E-state index is 0.531. The van der Waals surface area contributed by atoms with E-state index in [0.717, 1.165) is 0 Å². The second-order valence-electron chi connectivity index (χ2n) is 17.3. The van der Waals surface area contributed by atoms with Crippen molar-refractivity contribution in [3.63, 3.8) is 0 Å². The maximum atomic E-state index is 2.59. The number of aromatic nitrogens is 2. The van der Waals surface area contributed by atoms with Gasteiger partial charge in [-0.05, 0) is 141 Å². The Morgan fingerprint density at radius 3 is 0.883 bits per heavy atom. The van der Waals surface area contributed by atoms with Crippen molar-refractivity contribution < 1.29 is 0 Å². The lowest BCUT2D eigenvalue weighted by atomic mass is 9.74. The molecule has 2 saturated carbocycles. The lowest BCUT2D eigenvalue weighted by Crippen LogP contribution is -2.11. The van der Waals surface area contributed by atoms with E-state index in [1.54, 1.807) is 11.1 Å². The van der Waals surface area contributed by atoms with Crippen molar-refractivity contribution in [2.45, 2.75) is 76.0 Å². The Morgan fingerprint density at radius 2 is 0.583 bits per heavy atom. The molecule has 7 aromatic carbocycles. The van der Waals surface area contributed by atoms with Gasteiger partial charge >= 0.3 is 0 Å². The van der Waals surface area contributed by atoms with Gasteiger partial charge in [0.1, 0.15) is 0 Å². The quantitative estimate of drug-likeness (QED) is 0.136. The fraction of sp³-hybridized carbons (Fsp3) is 0.207. The fourth-order valence-corrected chi connectivity index (χ4v) is 11.0. The predicted molar refractivity (Wildman–Crippen MR) is 254 cm³/mol. The van der Waals surface area contributed by atoms with Gasteiger partial charge in [0.05, 0.1) is 22.8 Å². The summed E-state index contributed by atoms with van der Waals surface area (Å²) in [5.41, 5.74) is 15.4. The first-order valence-electron chi connectivity index (χ1n) is 22.5. The van der Waals surface area contributed by atoms with Gasteiger partial charge in [-0.3, -0.25) is 0 Å². The van der Waals surface area contributed by atoms with E-state index in [0.29, 0.717) is 11.8 Å². The largest absolute Gasteiger partial charge is 0.309 e. The highest BCUT2D eigenvalue weighted by molar-refractivity contribution is 6.08. The molecule has 0 spiro atoms. The Hall–Kier alpha value is -6.38. The molecule has 2 aliphatic carbocycles. The number of hydrogen-bond acceptors (Lipinski definition) is 0. The molecule has 2 nitrogen and oxygen atoms in total. The number of hydrogen-bond donors (Lipinski definition) is 0. The van der Waals surface area contributed by atoms with Gasteiger partial charge in [-0.2, -0.15) is 0 Å². The first-order valence-corrected chi connectivity index (χ1v) is 22.5. The van der Waals surface area contributed by atoms with Gasteiger partial charge in [0.2, 0.25) is 0 Å². The van der Waals surface area contributed by atoms with Crippen LogP contribution < -0.4 is 0 Å². The molecule has 2 heteroatoms. The van der Waals surface area contributed by atoms with E-state index in [2.05, 4.69) is 191 Å². The highest BCUT2D eigenvalue weighted by atomic mass is 15.0. The zero-order chi connectivity index (χ0) is 39.8. The third kappa shape index (κ3) is 6.59. The molecule has 9 aromatic rings. The second kappa shape index (κ2) is 16.0. The molecule has 0 amide bonds. The summed E-state index contributed by atoms with van der Waals surface area (Å²) in [5, 5.41) is 5.85. The summed E-state index contributed by atoms with van der Waals surface area (Å²) >= 11 is 0. The Labute approximate surface area is 354 Å². The summed E-state index contributed by atoms with van der Waals surface area (Å²) in [4.78, 5) is 0. The van der Waals surface area contributed by atoms with Crippen LogP contribution in [-0.4, -0.2) is 9.13 Å². The highest BCUT2D eigenvalue weighted by Gasteiger charge is 2.28. The monoisotopic (exact) mass is 776 g/mol. The van der Waals surface area contributed by atoms with E-state index in [1.807, 2.05) is 0 Å². The number of nitrogens with zero attached hydrogens (tertiary/aromatic N) is 2. The SMILES string of the molecule is c1ccc(-c2ccc(-c3ccccc3)n2-c2ccc3c(C4CCCCC4)c4cc(-n5c(-c6ccccc6)ccc5-c5ccccc5)ccc4c(C4CCCCC4)c3c2)cc1. The number of benzene rings is 7. The van der Waals surface area contributed by atoms with Crippen LogP contribution in [0.4, 0.5) is 0 Å². The van der Waals surface area contributed by atoms with E-state index < -0.39 is 0 Å². The van der Waals surface area contributed by atoms with Gasteiger partial charge in [-0.15, -0.1) is 0 Å². The van der Waals surface area contributed by atoms with Crippen LogP contribution in [0.25, 0.3) is 77.9 Å². The average Bonchev–Trinajstić information content (AvgIpc) is 3.98. The Balaban J connectivity index is 1.20. The lowest BCUT2D eigenvalue weighted by Gasteiger charge is -2.31. The number of rotatable bonds is 8. The molecule has 2 aliphatic rings. The van der Waals surface area contributed by atoms with Crippen molar-refractivity contribution in [3.8, 4) is 56.4 Å². The van der Waals surface area contributed by atoms with Gasteiger partial charge in [-0.25, -0.2) is 0 Å². The molecule has 2 fully saturated rings. The third-order valence-corrected chi connectivity index (χ3v) is 13.8. The van der Waals surface area contributed by atoms with Crippen LogP contribution in [0.2, 0.25) is 0 Å². The van der Waals surface area contributed by atoms with E-state index in [1.165, 1.54) is 142 Å². The van der Waals surface area contributed by atoms with Crippen LogP contribution in [0, 0.1) is 0 Å². The molecule has 0 unspecified atom stereocenters. The molecule has 11 rings (SSSR count). The lowest BCUT2D eigenvalue weighted by molar-refractivity contribution is 0.445. The van der Waals surface area contributed by atoms with Crippen LogP contribution in [0.15, 0.2) is 182 Å². The van der Waals surface area contributed by atoms with E-state index >= 15 is 0 Å². The summed E-state index contributed by atoms with van der Waals surface area (Å²) in [6.07, 6.45) is 12.9. The summed E-state index contributed by atoms with van der Waals surface area (Å²) in [7, 11) is 0. The first-order chi connectivity index (χ1) is 29.8. The normalized spacial score (nSPS) is 15.2. The van der Waals surface area contributed by atoms with Crippen LogP contribution in [-0.2, 0) is 0 Å². The van der Waals surface area contributed by atoms with Crippen molar-refractivity contribution in [3.05, 3.63) is 193 Å². The summed E-state index contributed by atoms with van der Waals surface area (Å²) in [5.74, 6) is 1.06. The first kappa shape index (κ1) is 36.7. The van der Waals surface area contributed by atoms with E-state index in [-0.39, 0.29) is 0 Å². The van der Waals surface area contributed by atoms with Gasteiger partial charge in [-0.1, -0.05) is 172 Å². The second-order valence-corrected chi connectivity index (χ2v) is 17.3. The molecule has 0 aliphatic heterocycles. The minimum atomic E-state index is 0.531. The van der Waals surface area contributed by atoms with Gasteiger partial charge in [0.25, 0.3) is 0 Å². The molecule has 294 valence electrons. The number of fused-ring (bicyclic) bond motifs is 2. The fourth-order valence-electron chi connectivity index (χ4n) is 11.0. The van der Waals surface area contributed by atoms with Crippen LogP contribution in [0.1, 0.15) is 87.2 Å². The van der Waals surface area contributed by atoms with Gasteiger partial charge in [0.15, 0.2) is 0 Å². The highest BCUT2D eigenvalue weighted by Crippen LogP contribution is 2.49. The maximum Gasteiger partial charge on any atom is 0.0535 e. The summed E-state index contributed by atoms with van der Waals surface area (Å²) in [6, 6.07) is 68.1. The average molecular weight is 777 g/mol. The van der Waals surface area contributed by atoms with Crippen molar-refractivity contribution >= 4 is 21.5 Å². The molecule has 2 heterocycles. The smallest absolute Gasteiger partial charge is 0.0535 e. The molecule has 0 N–H and O–H groups in total. The standard InChI is InChI=1S/C58H52N2/c1-7-19-41(20-8-1)53-35-36-54(42-21-9-2-10-22-42)59(53)47-31-33-49-51(39-47)57(45-27-15-5-16-28-45)50-34-32-48(40-52(50)58(49)46-29-17-6-18-30-46)60-55(43-23-11-3-12-24-43)37-38-56(60)44-25-13-4-14-26-44/h1-4,7-14,19-26,31-40,45-46H,5-6,15-18,27-30H2. The maximum absolute atomic E-state index is 2.59. The molecule has 0 atom stereocenters. The molecule has 2 aromatic heterocycles. The van der Waals surface area contributed by atoms with Crippen LogP contribution in [0.3, 0.4) is 0 Å². The molecule has 0 saturated heterocycles. The zero-order valence-corrected chi connectivity index (χ0v) is 34.4. The Kier molecular flexibility index (Phi) is 9.78. The molecule has 60 heavy (non-hydrogen) atoms. The van der Waals surface area contributed by atoms with Gasteiger partial charge < -0.3 is 9.13 Å². The molecular formula is C58H52N2. The van der Waals surface area contributed by atoms with Crippen molar-refractivity contribution in [2.75, 3.05) is 0 Å². The molecule has 0 radical (unpaired) electrons. The summed E-state index contributed by atoms with van der Waals surface area (Å²) < 4.78 is 5.04. The van der Waals surface area contributed by atoms with E-state index in [4.69, 9.17) is 0 Å². The van der Waals surface area contributed by atoms with E-state index in [9.17, 15) is 0 Å². The van der Waals surface area contributed by atoms with Crippen molar-refractivity contribution in [1.29, 1.82) is 0 Å².